The molecule has 0 aliphatic heterocycles. The predicted octanol–water partition coefficient (Wildman–Crippen LogP) is 1.25. The predicted molar refractivity (Wildman–Crippen MR) is 78.1 cm³/mol. The molecule has 0 spiro atoms. The topological polar surface area (TPSA) is 63.7 Å². The zero-order valence-electron chi connectivity index (χ0n) is 12.4. The molecule has 1 aromatic heterocycles. The number of likely N-dealkylation sites (N-methyl/N-ethyl adjacent to an activating group) is 1. The SMILES string of the molecule is CCOC(=O)c1cccnc1NCCOCCN(C)C. The highest BCUT2D eigenvalue weighted by atomic mass is 16.5. The van der Waals surface area contributed by atoms with Gasteiger partial charge in [-0.25, -0.2) is 9.78 Å². The summed E-state index contributed by atoms with van der Waals surface area (Å²) in [6.07, 6.45) is 1.64. The molecule has 1 N–H and O–H groups in total. The highest BCUT2D eigenvalue weighted by Crippen LogP contribution is 2.12. The molecule has 6 heteroatoms. The van der Waals surface area contributed by atoms with E-state index in [2.05, 4.69) is 15.2 Å². The highest BCUT2D eigenvalue weighted by molar-refractivity contribution is 5.94. The van der Waals surface area contributed by atoms with Gasteiger partial charge in [0.15, 0.2) is 0 Å². The summed E-state index contributed by atoms with van der Waals surface area (Å²) in [6, 6.07) is 3.41. The lowest BCUT2D eigenvalue weighted by molar-refractivity contribution is 0.0527. The maximum Gasteiger partial charge on any atom is 0.341 e. The smallest absolute Gasteiger partial charge is 0.341 e. The molecule has 1 heterocycles. The van der Waals surface area contributed by atoms with Gasteiger partial charge in [0.05, 0.1) is 19.8 Å². The number of aromatic nitrogens is 1. The molecule has 1 aromatic rings. The van der Waals surface area contributed by atoms with Crippen LogP contribution >= 0.6 is 0 Å². The van der Waals surface area contributed by atoms with Gasteiger partial charge in [0.1, 0.15) is 11.4 Å². The second kappa shape index (κ2) is 9.28. The number of nitrogens with one attached hydrogen (secondary N) is 1. The molecule has 0 saturated carbocycles. The third-order valence-electron chi connectivity index (χ3n) is 2.52. The Kier molecular flexibility index (Phi) is 7.60. The van der Waals surface area contributed by atoms with Crippen LogP contribution in [0.25, 0.3) is 0 Å². The Balaban J connectivity index is 2.38. The average molecular weight is 281 g/mol. The minimum atomic E-state index is -0.364. The molecule has 0 fully saturated rings. The van der Waals surface area contributed by atoms with Crippen LogP contribution in [-0.2, 0) is 9.47 Å². The van der Waals surface area contributed by atoms with Crippen molar-refractivity contribution in [2.24, 2.45) is 0 Å². The van der Waals surface area contributed by atoms with Crippen molar-refractivity contribution >= 4 is 11.8 Å². The number of pyridine rings is 1. The Morgan fingerprint density at radius 3 is 2.90 bits per heavy atom. The van der Waals surface area contributed by atoms with Crippen molar-refractivity contribution < 1.29 is 14.3 Å². The summed E-state index contributed by atoms with van der Waals surface area (Å²) < 4.78 is 10.5. The van der Waals surface area contributed by atoms with E-state index in [0.717, 1.165) is 6.54 Å². The molecule has 0 atom stereocenters. The van der Waals surface area contributed by atoms with E-state index in [4.69, 9.17) is 9.47 Å². The van der Waals surface area contributed by atoms with Crippen LogP contribution in [-0.4, -0.2) is 62.9 Å². The van der Waals surface area contributed by atoms with Crippen molar-refractivity contribution in [2.45, 2.75) is 6.92 Å². The molecule has 0 aliphatic rings. The highest BCUT2D eigenvalue weighted by Gasteiger charge is 2.12. The number of nitrogens with zero attached hydrogens (tertiary/aromatic N) is 2. The molecule has 0 saturated heterocycles. The fraction of sp³-hybridized carbons (Fsp3) is 0.571. The minimum absolute atomic E-state index is 0.348. The molecule has 0 aliphatic carbocycles. The first kappa shape index (κ1) is 16.4. The zero-order valence-corrected chi connectivity index (χ0v) is 12.4. The normalized spacial score (nSPS) is 10.6. The van der Waals surface area contributed by atoms with Crippen molar-refractivity contribution in [3.8, 4) is 0 Å². The number of rotatable bonds is 9. The van der Waals surface area contributed by atoms with Crippen molar-refractivity contribution in [1.29, 1.82) is 0 Å². The van der Waals surface area contributed by atoms with Gasteiger partial charge in [0, 0.05) is 19.3 Å². The Labute approximate surface area is 120 Å². The van der Waals surface area contributed by atoms with Crippen LogP contribution in [0, 0.1) is 0 Å². The van der Waals surface area contributed by atoms with E-state index in [1.165, 1.54) is 0 Å². The Bertz CT molecular complexity index is 410. The summed E-state index contributed by atoms with van der Waals surface area (Å²) in [5, 5.41) is 3.09. The second-order valence-corrected chi connectivity index (χ2v) is 4.46. The lowest BCUT2D eigenvalue weighted by Gasteiger charge is -2.12. The molecule has 0 amide bonds. The maximum absolute atomic E-state index is 11.7. The molecule has 6 nitrogen and oxygen atoms in total. The summed E-state index contributed by atoms with van der Waals surface area (Å²) >= 11 is 0. The van der Waals surface area contributed by atoms with E-state index < -0.39 is 0 Å². The number of hydrogen-bond donors (Lipinski definition) is 1. The van der Waals surface area contributed by atoms with Crippen LogP contribution in [0.1, 0.15) is 17.3 Å². The minimum Gasteiger partial charge on any atom is -0.462 e. The van der Waals surface area contributed by atoms with Crippen LogP contribution in [0.4, 0.5) is 5.82 Å². The molecular weight excluding hydrogens is 258 g/mol. The van der Waals surface area contributed by atoms with E-state index in [1.807, 2.05) is 14.1 Å². The van der Waals surface area contributed by atoms with Gasteiger partial charge in [0.25, 0.3) is 0 Å². The monoisotopic (exact) mass is 281 g/mol. The molecule has 20 heavy (non-hydrogen) atoms. The fourth-order valence-corrected chi connectivity index (χ4v) is 1.51. The van der Waals surface area contributed by atoms with Gasteiger partial charge in [0.2, 0.25) is 0 Å². The summed E-state index contributed by atoms with van der Waals surface area (Å²) in [5.41, 5.74) is 0.447. The third kappa shape index (κ3) is 5.99. The van der Waals surface area contributed by atoms with Gasteiger partial charge in [-0.15, -0.1) is 0 Å². The quantitative estimate of drug-likeness (QED) is 0.543. The van der Waals surface area contributed by atoms with Gasteiger partial charge >= 0.3 is 5.97 Å². The van der Waals surface area contributed by atoms with Crippen LogP contribution in [0.2, 0.25) is 0 Å². The first-order valence-electron chi connectivity index (χ1n) is 6.73. The molecule has 0 radical (unpaired) electrons. The summed E-state index contributed by atoms with van der Waals surface area (Å²) in [7, 11) is 4.00. The lowest BCUT2D eigenvalue weighted by Crippen LogP contribution is -2.20. The third-order valence-corrected chi connectivity index (χ3v) is 2.52. The fourth-order valence-electron chi connectivity index (χ4n) is 1.51. The standard InChI is InChI=1S/C14H23N3O3/c1-4-20-14(18)12-6-5-7-15-13(12)16-8-10-19-11-9-17(2)3/h5-7H,4,8-11H2,1-3H3,(H,15,16). The van der Waals surface area contributed by atoms with Crippen LogP contribution in [0.5, 0.6) is 0 Å². The van der Waals surface area contributed by atoms with E-state index in [-0.39, 0.29) is 5.97 Å². The van der Waals surface area contributed by atoms with Crippen molar-refractivity contribution in [3.63, 3.8) is 0 Å². The van der Waals surface area contributed by atoms with E-state index in [9.17, 15) is 4.79 Å². The van der Waals surface area contributed by atoms with Crippen molar-refractivity contribution in [2.75, 3.05) is 52.3 Å². The van der Waals surface area contributed by atoms with Gasteiger partial charge in [-0.3, -0.25) is 0 Å². The number of esters is 1. The first-order chi connectivity index (χ1) is 9.65. The van der Waals surface area contributed by atoms with Gasteiger partial charge < -0.3 is 19.7 Å². The molecule has 112 valence electrons. The summed E-state index contributed by atoms with van der Waals surface area (Å²) in [4.78, 5) is 17.9. The zero-order chi connectivity index (χ0) is 14.8. The number of anilines is 1. The molecule has 0 aromatic carbocycles. The Morgan fingerprint density at radius 2 is 2.20 bits per heavy atom. The number of ether oxygens (including phenoxy) is 2. The van der Waals surface area contributed by atoms with E-state index >= 15 is 0 Å². The van der Waals surface area contributed by atoms with Crippen molar-refractivity contribution in [1.82, 2.24) is 9.88 Å². The summed E-state index contributed by atoms with van der Waals surface area (Å²) in [6.45, 7) is 4.85. The van der Waals surface area contributed by atoms with Gasteiger partial charge in [-0.2, -0.15) is 0 Å². The van der Waals surface area contributed by atoms with E-state index in [1.54, 1.807) is 25.3 Å². The molecular formula is C14H23N3O3. The largest absolute Gasteiger partial charge is 0.462 e. The lowest BCUT2D eigenvalue weighted by atomic mass is 10.2. The maximum atomic E-state index is 11.7. The number of hydrogen-bond acceptors (Lipinski definition) is 6. The first-order valence-corrected chi connectivity index (χ1v) is 6.73. The number of carbonyl (C=O) groups is 1. The van der Waals surface area contributed by atoms with Gasteiger partial charge in [-0.05, 0) is 33.2 Å². The summed E-state index contributed by atoms with van der Waals surface area (Å²) in [5.74, 6) is 0.166. The van der Waals surface area contributed by atoms with Crippen LogP contribution in [0.15, 0.2) is 18.3 Å². The van der Waals surface area contributed by atoms with Gasteiger partial charge in [-0.1, -0.05) is 0 Å². The van der Waals surface area contributed by atoms with Crippen LogP contribution < -0.4 is 5.32 Å². The molecule has 1 rings (SSSR count). The Morgan fingerprint density at radius 1 is 1.40 bits per heavy atom. The second-order valence-electron chi connectivity index (χ2n) is 4.46. The van der Waals surface area contributed by atoms with Crippen LogP contribution in [0.3, 0.4) is 0 Å². The number of carbonyl (C=O) groups excluding carboxylic acids is 1. The average Bonchev–Trinajstić information content (AvgIpc) is 2.43. The Hall–Kier alpha value is -1.66. The van der Waals surface area contributed by atoms with E-state index in [0.29, 0.717) is 37.7 Å². The molecule has 0 unspecified atom stereocenters. The van der Waals surface area contributed by atoms with Crippen molar-refractivity contribution in [3.05, 3.63) is 23.9 Å². The molecule has 0 bridgehead atoms.